The molecule has 0 bridgehead atoms. The molecular formula is C15H20N2O5S2. The Morgan fingerprint density at radius 1 is 1.29 bits per heavy atom. The van der Waals surface area contributed by atoms with Crippen molar-refractivity contribution in [3.8, 4) is 0 Å². The Bertz CT molecular complexity index is 829. The fourth-order valence-corrected chi connectivity index (χ4v) is 7.37. The first kappa shape index (κ1) is 18.6. The number of nitrogens with one attached hydrogen (secondary N) is 2. The molecule has 1 aromatic rings. The molecule has 9 heteroatoms. The second-order valence-corrected chi connectivity index (χ2v) is 9.99. The molecule has 1 fully saturated rings. The van der Waals surface area contributed by atoms with Crippen LogP contribution in [0.15, 0.2) is 41.8 Å². The number of carbonyl (C=O) groups excluding carboxylic acids is 1. The lowest BCUT2D eigenvalue weighted by Gasteiger charge is -2.19. The number of amides is 1. The number of carbonyl (C=O) groups is 1. The van der Waals surface area contributed by atoms with Crippen LogP contribution in [0.1, 0.15) is 6.92 Å². The average molecular weight is 372 g/mol. The van der Waals surface area contributed by atoms with Gasteiger partial charge in [0.1, 0.15) is 0 Å². The summed E-state index contributed by atoms with van der Waals surface area (Å²) in [6.07, 6.45) is 1.55. The maximum absolute atomic E-state index is 12.8. The normalized spacial score (nSPS) is 22.9. The van der Waals surface area contributed by atoms with Gasteiger partial charge >= 0.3 is 0 Å². The van der Waals surface area contributed by atoms with Gasteiger partial charge in [-0.3, -0.25) is 4.79 Å². The van der Waals surface area contributed by atoms with Crippen molar-refractivity contribution in [1.29, 1.82) is 0 Å². The van der Waals surface area contributed by atoms with Crippen LogP contribution in [0.5, 0.6) is 0 Å². The lowest BCUT2D eigenvalue weighted by Crippen LogP contribution is -2.43. The highest BCUT2D eigenvalue weighted by atomic mass is 32.2. The van der Waals surface area contributed by atoms with Gasteiger partial charge in [0, 0.05) is 25.2 Å². The Morgan fingerprint density at radius 2 is 1.92 bits per heavy atom. The first-order valence-electron chi connectivity index (χ1n) is 7.32. The largest absolute Gasteiger partial charge is 0.326 e. The first-order chi connectivity index (χ1) is 11.2. The minimum absolute atomic E-state index is 0.0316. The van der Waals surface area contributed by atoms with Crippen molar-refractivity contribution in [2.75, 3.05) is 23.4 Å². The van der Waals surface area contributed by atoms with E-state index < -0.39 is 36.7 Å². The number of rotatable bonds is 6. The fraction of sp³-hybridized carbons (Fsp3) is 0.400. The van der Waals surface area contributed by atoms with Gasteiger partial charge < -0.3 is 10.6 Å². The summed E-state index contributed by atoms with van der Waals surface area (Å²) in [5.41, 5.74) is 0.474. The highest BCUT2D eigenvalue weighted by Crippen LogP contribution is 2.26. The maximum Gasteiger partial charge on any atom is 0.221 e. The van der Waals surface area contributed by atoms with E-state index in [9.17, 15) is 21.6 Å². The van der Waals surface area contributed by atoms with Crippen molar-refractivity contribution in [3.05, 3.63) is 36.9 Å². The zero-order valence-electron chi connectivity index (χ0n) is 13.2. The Kier molecular flexibility index (Phi) is 5.46. The number of benzene rings is 1. The number of hydrogen-bond acceptors (Lipinski definition) is 6. The molecule has 1 saturated heterocycles. The van der Waals surface area contributed by atoms with E-state index in [0.29, 0.717) is 12.2 Å². The third kappa shape index (κ3) is 4.22. The van der Waals surface area contributed by atoms with E-state index in [0.717, 1.165) is 0 Å². The summed E-state index contributed by atoms with van der Waals surface area (Å²) >= 11 is 0. The molecule has 1 heterocycles. The molecule has 0 radical (unpaired) electrons. The van der Waals surface area contributed by atoms with Crippen molar-refractivity contribution >= 4 is 31.3 Å². The van der Waals surface area contributed by atoms with Gasteiger partial charge in [-0.25, -0.2) is 16.8 Å². The highest BCUT2D eigenvalue weighted by molar-refractivity contribution is 7.96. The second-order valence-electron chi connectivity index (χ2n) is 5.67. The Labute approximate surface area is 142 Å². The first-order valence-corrected chi connectivity index (χ1v) is 10.7. The van der Waals surface area contributed by atoms with Crippen LogP contribution >= 0.6 is 0 Å². The van der Waals surface area contributed by atoms with Gasteiger partial charge in [-0.15, -0.1) is 6.58 Å². The van der Waals surface area contributed by atoms with Gasteiger partial charge in [0.25, 0.3) is 0 Å². The molecule has 132 valence electrons. The molecule has 1 aliphatic heterocycles. The predicted molar refractivity (Wildman–Crippen MR) is 92.4 cm³/mol. The highest BCUT2D eigenvalue weighted by Gasteiger charge is 2.45. The third-order valence-electron chi connectivity index (χ3n) is 3.73. The third-order valence-corrected chi connectivity index (χ3v) is 7.89. The van der Waals surface area contributed by atoms with Crippen LogP contribution in [-0.2, 0) is 24.5 Å². The number of sulfone groups is 2. The van der Waals surface area contributed by atoms with Crippen LogP contribution in [0.25, 0.3) is 0 Å². The number of hydrogen-bond donors (Lipinski definition) is 2. The van der Waals surface area contributed by atoms with Crippen molar-refractivity contribution in [3.63, 3.8) is 0 Å². The van der Waals surface area contributed by atoms with Gasteiger partial charge in [-0.1, -0.05) is 6.08 Å². The van der Waals surface area contributed by atoms with Crippen molar-refractivity contribution in [2.45, 2.75) is 23.1 Å². The van der Waals surface area contributed by atoms with E-state index in [1.54, 1.807) is 6.08 Å². The maximum atomic E-state index is 12.8. The molecule has 0 spiro atoms. The second kappa shape index (κ2) is 7.04. The molecule has 0 aliphatic carbocycles. The summed E-state index contributed by atoms with van der Waals surface area (Å²) in [6.45, 7) is 5.22. The molecule has 1 aliphatic rings. The lowest BCUT2D eigenvalue weighted by molar-refractivity contribution is -0.114. The fourth-order valence-electron chi connectivity index (χ4n) is 2.65. The smallest absolute Gasteiger partial charge is 0.221 e. The van der Waals surface area contributed by atoms with Crippen LogP contribution in [0, 0.1) is 0 Å². The van der Waals surface area contributed by atoms with Crippen LogP contribution < -0.4 is 10.6 Å². The standard InChI is InChI=1S/C15H20N2O5S2/c1-3-8-16-14-9-23(19,20)10-15(14)24(21,22)13-6-4-12(5-7-13)17-11(2)18/h3-7,14-16H,1,8-10H2,2H3,(H,17,18)/t14-,15-/m0/s1. The van der Waals surface area contributed by atoms with Crippen molar-refractivity contribution in [1.82, 2.24) is 5.32 Å². The summed E-state index contributed by atoms with van der Waals surface area (Å²) in [5, 5.41) is 4.42. The van der Waals surface area contributed by atoms with Crippen LogP contribution in [0.4, 0.5) is 5.69 Å². The quantitative estimate of drug-likeness (QED) is 0.698. The molecule has 1 aromatic carbocycles. The Morgan fingerprint density at radius 3 is 2.46 bits per heavy atom. The van der Waals surface area contributed by atoms with Crippen LogP contribution in [0.2, 0.25) is 0 Å². The van der Waals surface area contributed by atoms with E-state index in [1.165, 1.54) is 31.2 Å². The molecular weight excluding hydrogens is 352 g/mol. The topological polar surface area (TPSA) is 109 Å². The number of anilines is 1. The lowest BCUT2D eigenvalue weighted by atomic mass is 10.2. The Hall–Kier alpha value is -1.71. The van der Waals surface area contributed by atoms with Crippen LogP contribution in [-0.4, -0.2) is 52.1 Å². The average Bonchev–Trinajstić information content (AvgIpc) is 2.81. The van der Waals surface area contributed by atoms with Gasteiger partial charge in [-0.05, 0) is 24.3 Å². The van der Waals surface area contributed by atoms with Gasteiger partial charge in [0.05, 0.1) is 21.7 Å². The summed E-state index contributed by atoms with van der Waals surface area (Å²) in [6, 6.07) is 5.02. The molecule has 0 unspecified atom stereocenters. The van der Waals surface area contributed by atoms with E-state index in [4.69, 9.17) is 0 Å². The molecule has 0 saturated carbocycles. The predicted octanol–water partition coefficient (Wildman–Crippen LogP) is 0.360. The summed E-state index contributed by atoms with van der Waals surface area (Å²) in [7, 11) is -7.25. The molecule has 2 N–H and O–H groups in total. The minimum atomic E-state index is -3.82. The van der Waals surface area contributed by atoms with Crippen LogP contribution in [0.3, 0.4) is 0 Å². The molecule has 0 aromatic heterocycles. The molecule has 24 heavy (non-hydrogen) atoms. The Balaban J connectivity index is 2.30. The molecule has 2 rings (SSSR count). The SMILES string of the molecule is C=CCN[C@H]1CS(=O)(=O)C[C@@H]1S(=O)(=O)c1ccc(NC(C)=O)cc1. The van der Waals surface area contributed by atoms with E-state index >= 15 is 0 Å². The van der Waals surface area contributed by atoms with E-state index in [2.05, 4.69) is 17.2 Å². The van der Waals surface area contributed by atoms with E-state index in [1.807, 2.05) is 0 Å². The summed E-state index contributed by atoms with van der Waals surface area (Å²) in [4.78, 5) is 11.0. The molecule has 1 amide bonds. The van der Waals surface area contributed by atoms with Crippen molar-refractivity contribution < 1.29 is 21.6 Å². The summed E-state index contributed by atoms with van der Waals surface area (Å²) in [5.74, 6) is -0.882. The summed E-state index contributed by atoms with van der Waals surface area (Å²) < 4.78 is 49.4. The zero-order chi connectivity index (χ0) is 18.0. The van der Waals surface area contributed by atoms with Gasteiger partial charge in [-0.2, -0.15) is 0 Å². The van der Waals surface area contributed by atoms with Gasteiger partial charge in [0.15, 0.2) is 19.7 Å². The molecule has 2 atom stereocenters. The monoisotopic (exact) mass is 372 g/mol. The zero-order valence-corrected chi connectivity index (χ0v) is 14.9. The molecule has 7 nitrogen and oxygen atoms in total. The van der Waals surface area contributed by atoms with E-state index in [-0.39, 0.29) is 16.6 Å². The van der Waals surface area contributed by atoms with Gasteiger partial charge in [0.2, 0.25) is 5.91 Å². The van der Waals surface area contributed by atoms with Crippen molar-refractivity contribution in [2.24, 2.45) is 0 Å². The minimum Gasteiger partial charge on any atom is -0.326 e.